The number of carbonyl (C=O) groups excluding carboxylic acids is 1. The molecule has 0 radical (unpaired) electrons. The first-order valence-electron chi connectivity index (χ1n) is 5.39. The van der Waals surface area contributed by atoms with E-state index in [-0.39, 0.29) is 11.3 Å². The number of aryl methyl sites for hydroxylation is 1. The molecule has 2 rings (SSSR count). The number of anilines is 1. The SMILES string of the molecule is Cc1cc(NC(=O)c2cc(F)ccc2O)cnc1Cl. The molecular formula is C13H10ClFN2O2. The van der Waals surface area contributed by atoms with Crippen LogP contribution in [0.25, 0.3) is 0 Å². The van der Waals surface area contributed by atoms with Gasteiger partial charge in [0.1, 0.15) is 16.7 Å². The van der Waals surface area contributed by atoms with Crippen LogP contribution < -0.4 is 5.32 Å². The zero-order chi connectivity index (χ0) is 14.0. The van der Waals surface area contributed by atoms with Crippen LogP contribution in [0.2, 0.25) is 5.15 Å². The Balaban J connectivity index is 2.25. The first kappa shape index (κ1) is 13.3. The van der Waals surface area contributed by atoms with Gasteiger partial charge in [0.05, 0.1) is 17.4 Å². The van der Waals surface area contributed by atoms with Crippen LogP contribution >= 0.6 is 11.6 Å². The third kappa shape index (κ3) is 3.00. The van der Waals surface area contributed by atoms with E-state index in [1.54, 1.807) is 13.0 Å². The maximum absolute atomic E-state index is 13.0. The average Bonchev–Trinajstić information content (AvgIpc) is 2.36. The Bertz CT molecular complexity index is 647. The normalized spacial score (nSPS) is 10.3. The molecule has 1 aromatic carbocycles. The average molecular weight is 281 g/mol. The van der Waals surface area contributed by atoms with E-state index in [2.05, 4.69) is 10.3 Å². The number of nitrogens with zero attached hydrogens (tertiary/aromatic N) is 1. The zero-order valence-corrected chi connectivity index (χ0v) is 10.7. The quantitative estimate of drug-likeness (QED) is 0.831. The lowest BCUT2D eigenvalue weighted by molar-refractivity contribution is 0.102. The number of carbonyl (C=O) groups is 1. The lowest BCUT2D eigenvalue weighted by atomic mass is 10.1. The predicted octanol–water partition coefficient (Wildman–Crippen LogP) is 3.14. The van der Waals surface area contributed by atoms with Gasteiger partial charge in [-0.2, -0.15) is 0 Å². The lowest BCUT2D eigenvalue weighted by Crippen LogP contribution is -2.12. The summed E-state index contributed by atoms with van der Waals surface area (Å²) in [5.41, 5.74) is 0.964. The molecule has 0 unspecified atom stereocenters. The van der Waals surface area contributed by atoms with Gasteiger partial charge in [-0.15, -0.1) is 0 Å². The zero-order valence-electron chi connectivity index (χ0n) is 9.95. The van der Waals surface area contributed by atoms with Crippen molar-refractivity contribution in [2.45, 2.75) is 6.92 Å². The Kier molecular flexibility index (Phi) is 3.66. The maximum atomic E-state index is 13.0. The molecule has 0 saturated carbocycles. The predicted molar refractivity (Wildman–Crippen MR) is 70.0 cm³/mol. The molecule has 1 aromatic heterocycles. The van der Waals surface area contributed by atoms with Gasteiger partial charge in [-0.25, -0.2) is 9.37 Å². The molecule has 0 atom stereocenters. The Morgan fingerprint density at radius 1 is 1.42 bits per heavy atom. The summed E-state index contributed by atoms with van der Waals surface area (Å²) in [5, 5.41) is 12.4. The molecule has 98 valence electrons. The fourth-order valence-corrected chi connectivity index (χ4v) is 1.62. The summed E-state index contributed by atoms with van der Waals surface area (Å²) in [4.78, 5) is 15.8. The third-order valence-electron chi connectivity index (χ3n) is 2.48. The van der Waals surface area contributed by atoms with Crippen molar-refractivity contribution in [3.05, 3.63) is 52.6 Å². The minimum Gasteiger partial charge on any atom is -0.507 e. The smallest absolute Gasteiger partial charge is 0.259 e. The number of hydrogen-bond acceptors (Lipinski definition) is 3. The number of benzene rings is 1. The van der Waals surface area contributed by atoms with Crippen molar-refractivity contribution in [3.8, 4) is 5.75 Å². The lowest BCUT2D eigenvalue weighted by Gasteiger charge is -2.07. The standard InChI is InChI=1S/C13H10ClFN2O2/c1-7-4-9(6-16-12(7)14)17-13(19)10-5-8(15)2-3-11(10)18/h2-6,18H,1H3,(H,17,19). The topological polar surface area (TPSA) is 62.2 Å². The Morgan fingerprint density at radius 3 is 2.84 bits per heavy atom. The first-order chi connectivity index (χ1) is 8.97. The molecule has 0 aliphatic rings. The Morgan fingerprint density at radius 2 is 2.16 bits per heavy atom. The fraction of sp³-hybridized carbons (Fsp3) is 0.0769. The molecule has 0 saturated heterocycles. The fourth-order valence-electron chi connectivity index (χ4n) is 1.52. The number of phenolic OH excluding ortho intramolecular Hbond substituents is 1. The van der Waals surface area contributed by atoms with E-state index in [0.29, 0.717) is 16.4 Å². The van der Waals surface area contributed by atoms with Crippen LogP contribution in [-0.2, 0) is 0 Å². The van der Waals surface area contributed by atoms with Gasteiger partial charge in [0.2, 0.25) is 0 Å². The second-order valence-corrected chi connectivity index (χ2v) is 4.31. The highest BCUT2D eigenvalue weighted by Crippen LogP contribution is 2.21. The first-order valence-corrected chi connectivity index (χ1v) is 5.77. The van der Waals surface area contributed by atoms with Crippen molar-refractivity contribution in [2.75, 3.05) is 5.32 Å². The van der Waals surface area contributed by atoms with Gasteiger partial charge in [0.25, 0.3) is 5.91 Å². The van der Waals surface area contributed by atoms with Gasteiger partial charge in [0.15, 0.2) is 0 Å². The molecule has 19 heavy (non-hydrogen) atoms. The molecular weight excluding hydrogens is 271 g/mol. The highest BCUT2D eigenvalue weighted by Gasteiger charge is 2.13. The molecule has 0 bridgehead atoms. The van der Waals surface area contributed by atoms with Crippen molar-refractivity contribution in [3.63, 3.8) is 0 Å². The van der Waals surface area contributed by atoms with Gasteiger partial charge in [-0.1, -0.05) is 11.6 Å². The molecule has 0 fully saturated rings. The number of rotatable bonds is 2. The summed E-state index contributed by atoms with van der Waals surface area (Å²) in [7, 11) is 0. The van der Waals surface area contributed by atoms with Crippen molar-refractivity contribution >= 4 is 23.2 Å². The van der Waals surface area contributed by atoms with Crippen molar-refractivity contribution in [1.82, 2.24) is 4.98 Å². The second kappa shape index (κ2) is 5.24. The number of nitrogens with one attached hydrogen (secondary N) is 1. The monoisotopic (exact) mass is 280 g/mol. The van der Waals surface area contributed by atoms with Crippen LogP contribution in [0.5, 0.6) is 5.75 Å². The summed E-state index contributed by atoms with van der Waals surface area (Å²) in [6, 6.07) is 4.78. The minimum absolute atomic E-state index is 0.146. The molecule has 0 aliphatic heterocycles. The van der Waals surface area contributed by atoms with Crippen molar-refractivity contribution < 1.29 is 14.3 Å². The molecule has 1 amide bonds. The summed E-state index contributed by atoms with van der Waals surface area (Å²) in [6.45, 7) is 1.74. The maximum Gasteiger partial charge on any atom is 0.259 e. The van der Waals surface area contributed by atoms with Crippen LogP contribution in [0.1, 0.15) is 15.9 Å². The van der Waals surface area contributed by atoms with E-state index in [9.17, 15) is 14.3 Å². The van der Waals surface area contributed by atoms with Crippen LogP contribution in [0.3, 0.4) is 0 Å². The van der Waals surface area contributed by atoms with Crippen LogP contribution in [0, 0.1) is 12.7 Å². The van der Waals surface area contributed by atoms with E-state index in [1.807, 2.05) is 0 Å². The second-order valence-electron chi connectivity index (χ2n) is 3.95. The Hall–Kier alpha value is -2.14. The highest BCUT2D eigenvalue weighted by atomic mass is 35.5. The molecule has 4 nitrogen and oxygen atoms in total. The summed E-state index contributed by atoms with van der Waals surface area (Å²) >= 11 is 5.77. The molecule has 0 spiro atoms. The Labute approximate surface area is 113 Å². The van der Waals surface area contributed by atoms with Gasteiger partial charge in [0, 0.05) is 0 Å². The molecule has 0 aliphatic carbocycles. The number of amides is 1. The highest BCUT2D eigenvalue weighted by molar-refractivity contribution is 6.30. The van der Waals surface area contributed by atoms with Gasteiger partial charge in [-0.05, 0) is 36.8 Å². The molecule has 2 aromatic rings. The van der Waals surface area contributed by atoms with E-state index >= 15 is 0 Å². The minimum atomic E-state index is -0.625. The number of halogens is 2. The van der Waals surface area contributed by atoms with Gasteiger partial charge < -0.3 is 10.4 Å². The number of aromatic nitrogens is 1. The van der Waals surface area contributed by atoms with Crippen LogP contribution in [0.15, 0.2) is 30.5 Å². The van der Waals surface area contributed by atoms with Gasteiger partial charge in [-0.3, -0.25) is 4.79 Å². The number of phenols is 1. The molecule has 1 heterocycles. The summed E-state index contributed by atoms with van der Waals surface area (Å²) in [6.07, 6.45) is 1.38. The van der Waals surface area contributed by atoms with Crippen LogP contribution in [-0.4, -0.2) is 16.0 Å². The summed E-state index contributed by atoms with van der Waals surface area (Å²) in [5.74, 6) is -1.52. The third-order valence-corrected chi connectivity index (χ3v) is 2.87. The largest absolute Gasteiger partial charge is 0.507 e. The molecule has 6 heteroatoms. The van der Waals surface area contributed by atoms with Crippen LogP contribution in [0.4, 0.5) is 10.1 Å². The van der Waals surface area contributed by atoms with Gasteiger partial charge >= 0.3 is 0 Å². The van der Waals surface area contributed by atoms with Crippen molar-refractivity contribution in [2.24, 2.45) is 0 Å². The molecule has 2 N–H and O–H groups in total. The number of aromatic hydroxyl groups is 1. The number of pyridine rings is 1. The van der Waals surface area contributed by atoms with E-state index in [4.69, 9.17) is 11.6 Å². The van der Waals surface area contributed by atoms with E-state index in [0.717, 1.165) is 18.2 Å². The van der Waals surface area contributed by atoms with Crippen molar-refractivity contribution in [1.29, 1.82) is 0 Å². The summed E-state index contributed by atoms with van der Waals surface area (Å²) < 4.78 is 13.0. The van der Waals surface area contributed by atoms with E-state index < -0.39 is 11.7 Å². The van der Waals surface area contributed by atoms with E-state index in [1.165, 1.54) is 6.20 Å². The number of hydrogen-bond donors (Lipinski definition) is 2.